The van der Waals surface area contributed by atoms with E-state index in [0.717, 1.165) is 12.8 Å². The number of halogens is 3. The lowest BCUT2D eigenvalue weighted by Gasteiger charge is -2.35. The molecule has 5 unspecified atom stereocenters. The zero-order valence-electron chi connectivity index (χ0n) is 16.8. The van der Waals surface area contributed by atoms with Gasteiger partial charge in [-0.25, -0.2) is 18.0 Å². The van der Waals surface area contributed by atoms with Gasteiger partial charge < -0.3 is 10.5 Å². The highest BCUT2D eigenvalue weighted by Gasteiger charge is 2.58. The SMILES string of the molecule is COC1=c2c(c(=O)[nH]c(=O)n2C2CC2)=C(C)C(F)C1N1CC2CC(F)(F)C(N)C2C1. The summed E-state index contributed by atoms with van der Waals surface area (Å²) < 4.78 is 50.8. The van der Waals surface area contributed by atoms with Crippen molar-refractivity contribution in [2.45, 2.75) is 56.4 Å². The van der Waals surface area contributed by atoms with E-state index in [1.54, 1.807) is 4.90 Å². The summed E-state index contributed by atoms with van der Waals surface area (Å²) in [6, 6.07) is -2.21. The van der Waals surface area contributed by atoms with Crippen LogP contribution in [0, 0.1) is 11.8 Å². The maximum Gasteiger partial charge on any atom is 0.329 e. The third-order valence-corrected chi connectivity index (χ3v) is 7.26. The van der Waals surface area contributed by atoms with E-state index >= 15 is 4.39 Å². The van der Waals surface area contributed by atoms with E-state index in [1.807, 2.05) is 0 Å². The van der Waals surface area contributed by atoms with Gasteiger partial charge in [-0.05, 0) is 37.2 Å². The third kappa shape index (κ3) is 2.65. The van der Waals surface area contributed by atoms with Crippen LogP contribution in [0.15, 0.2) is 9.59 Å². The van der Waals surface area contributed by atoms with Gasteiger partial charge in [0.25, 0.3) is 11.5 Å². The molecule has 0 amide bonds. The zero-order chi connectivity index (χ0) is 21.5. The fourth-order valence-electron chi connectivity index (χ4n) is 5.63. The first-order chi connectivity index (χ1) is 14.2. The number of likely N-dealkylation sites (tertiary alicyclic amines) is 1. The van der Waals surface area contributed by atoms with Gasteiger partial charge in [-0.1, -0.05) is 0 Å². The Hall–Kier alpha value is -2.07. The molecule has 5 rings (SSSR count). The Balaban J connectivity index is 1.67. The second kappa shape index (κ2) is 6.46. The van der Waals surface area contributed by atoms with Crippen molar-refractivity contribution >= 4 is 11.3 Å². The van der Waals surface area contributed by atoms with Crippen molar-refractivity contribution in [1.82, 2.24) is 14.5 Å². The number of H-pyrrole nitrogens is 1. The van der Waals surface area contributed by atoms with Gasteiger partial charge in [0.05, 0.1) is 23.7 Å². The second-order valence-corrected chi connectivity index (χ2v) is 9.05. The molecule has 0 radical (unpaired) electrons. The summed E-state index contributed by atoms with van der Waals surface area (Å²) in [4.78, 5) is 29.2. The van der Waals surface area contributed by atoms with E-state index in [2.05, 4.69) is 4.98 Å². The first-order valence-corrected chi connectivity index (χ1v) is 10.3. The molecule has 7 nitrogen and oxygen atoms in total. The van der Waals surface area contributed by atoms with Crippen molar-refractivity contribution in [1.29, 1.82) is 0 Å². The summed E-state index contributed by atoms with van der Waals surface area (Å²) in [5.41, 5.74) is 4.84. The molecule has 2 saturated carbocycles. The molecule has 3 aliphatic carbocycles. The quantitative estimate of drug-likeness (QED) is 0.676. The molecule has 3 N–H and O–H groups in total. The monoisotopic (exact) mass is 426 g/mol. The van der Waals surface area contributed by atoms with Gasteiger partial charge in [-0.3, -0.25) is 19.2 Å². The van der Waals surface area contributed by atoms with Gasteiger partial charge in [0, 0.05) is 25.6 Å². The molecule has 0 aromatic carbocycles. The maximum absolute atomic E-state index is 15.7. The summed E-state index contributed by atoms with van der Waals surface area (Å²) >= 11 is 0. The first-order valence-electron chi connectivity index (χ1n) is 10.3. The number of methoxy groups -OCH3 is 1. The molecule has 3 fully saturated rings. The second-order valence-electron chi connectivity index (χ2n) is 9.05. The van der Waals surface area contributed by atoms with E-state index in [9.17, 15) is 18.4 Å². The van der Waals surface area contributed by atoms with Crippen molar-refractivity contribution in [3.8, 4) is 0 Å². The lowest BCUT2D eigenvalue weighted by molar-refractivity contribution is -0.0205. The van der Waals surface area contributed by atoms with E-state index in [-0.39, 0.29) is 48.0 Å². The summed E-state index contributed by atoms with van der Waals surface area (Å²) in [7, 11) is 1.39. The Morgan fingerprint density at radius 2 is 1.93 bits per heavy atom. The Morgan fingerprint density at radius 1 is 1.23 bits per heavy atom. The molecule has 1 saturated heterocycles. The molecule has 10 heteroatoms. The van der Waals surface area contributed by atoms with Gasteiger partial charge in [-0.15, -0.1) is 0 Å². The normalized spacial score (nSPS) is 35.5. The summed E-state index contributed by atoms with van der Waals surface area (Å²) in [6.07, 6.45) is -0.298. The third-order valence-electron chi connectivity index (χ3n) is 7.26. The molecule has 164 valence electrons. The Morgan fingerprint density at radius 3 is 2.53 bits per heavy atom. The fraction of sp³-hybridized carbons (Fsp3) is 0.700. The standard InChI is InChI=1S/C20H25F3N4O3/c1-8-12-14(27(10-3-4-10)19(29)25-18(12)28)16(30-2)15(13(8)21)26-6-9-5-20(22,23)17(24)11(9)7-26/h9-11,13,15,17H,3-7,24H2,1-2H3,(H,25,28,29). The van der Waals surface area contributed by atoms with Crippen LogP contribution in [-0.4, -0.2) is 58.8 Å². The number of aromatic amines is 1. The average Bonchev–Trinajstić information content (AvgIpc) is 3.38. The molecule has 5 atom stereocenters. The number of aromatic nitrogens is 2. The minimum atomic E-state index is -2.91. The van der Waals surface area contributed by atoms with Crippen LogP contribution >= 0.6 is 0 Å². The average molecular weight is 426 g/mol. The molecule has 1 aromatic heterocycles. The predicted octanol–water partition coefficient (Wildman–Crippen LogP) is -0.569. The topological polar surface area (TPSA) is 93.3 Å². The number of rotatable bonds is 3. The predicted molar refractivity (Wildman–Crippen MR) is 103 cm³/mol. The van der Waals surface area contributed by atoms with Crippen LogP contribution in [0.4, 0.5) is 13.2 Å². The van der Waals surface area contributed by atoms with Gasteiger partial charge in [0.15, 0.2) is 0 Å². The Labute approximate surface area is 170 Å². The maximum atomic E-state index is 15.7. The van der Waals surface area contributed by atoms with E-state index in [4.69, 9.17) is 10.5 Å². The summed E-state index contributed by atoms with van der Waals surface area (Å²) in [5.74, 6) is -3.47. The minimum Gasteiger partial charge on any atom is -0.497 e. The van der Waals surface area contributed by atoms with Crippen molar-refractivity contribution in [2.75, 3.05) is 20.2 Å². The van der Waals surface area contributed by atoms with Crippen molar-refractivity contribution in [3.63, 3.8) is 0 Å². The molecule has 30 heavy (non-hydrogen) atoms. The number of nitrogens with one attached hydrogen (secondary N) is 1. The summed E-state index contributed by atoms with van der Waals surface area (Å²) in [5, 5.41) is 0.446. The number of hydrogen-bond acceptors (Lipinski definition) is 5. The molecular weight excluding hydrogens is 401 g/mol. The van der Waals surface area contributed by atoms with Crippen LogP contribution in [0.1, 0.15) is 32.2 Å². The van der Waals surface area contributed by atoms with Gasteiger partial charge in [-0.2, -0.15) is 0 Å². The van der Waals surface area contributed by atoms with Crippen molar-refractivity contribution in [3.05, 3.63) is 31.4 Å². The lowest BCUT2D eigenvalue weighted by atomic mass is 9.94. The molecule has 0 spiro atoms. The lowest BCUT2D eigenvalue weighted by Crippen LogP contribution is -2.62. The number of fused-ring (bicyclic) bond motifs is 2. The Bertz CT molecular complexity index is 1140. The van der Waals surface area contributed by atoms with E-state index in [1.165, 1.54) is 18.6 Å². The van der Waals surface area contributed by atoms with Crippen LogP contribution in [-0.2, 0) is 4.74 Å². The zero-order valence-corrected chi connectivity index (χ0v) is 16.8. The molecule has 1 aromatic rings. The number of nitrogens with two attached hydrogens (primary N) is 1. The molecule has 2 heterocycles. The highest BCUT2D eigenvalue weighted by atomic mass is 19.3. The van der Waals surface area contributed by atoms with Crippen LogP contribution < -0.4 is 27.6 Å². The van der Waals surface area contributed by atoms with Gasteiger partial charge in [0.2, 0.25) is 0 Å². The number of alkyl halides is 3. The number of hydrogen-bond donors (Lipinski definition) is 2. The van der Waals surface area contributed by atoms with E-state index < -0.39 is 41.3 Å². The van der Waals surface area contributed by atoms with Crippen molar-refractivity contribution in [2.24, 2.45) is 17.6 Å². The highest BCUT2D eigenvalue weighted by Crippen LogP contribution is 2.47. The van der Waals surface area contributed by atoms with Crippen LogP contribution in [0.25, 0.3) is 11.3 Å². The molecule has 0 bridgehead atoms. The molecule has 1 aliphatic heterocycles. The smallest absolute Gasteiger partial charge is 0.329 e. The highest BCUT2D eigenvalue weighted by molar-refractivity contribution is 5.60. The summed E-state index contributed by atoms with van der Waals surface area (Å²) in [6.45, 7) is 2.03. The fourth-order valence-corrected chi connectivity index (χ4v) is 5.63. The number of nitrogens with zero attached hydrogens (tertiary/aromatic N) is 2. The first kappa shape index (κ1) is 19.9. The minimum absolute atomic E-state index is 0.0667. The van der Waals surface area contributed by atoms with Gasteiger partial charge >= 0.3 is 5.69 Å². The molecule has 4 aliphatic rings. The van der Waals surface area contributed by atoms with Crippen LogP contribution in [0.2, 0.25) is 0 Å². The number of ether oxygens (including phenoxy) is 1. The largest absolute Gasteiger partial charge is 0.497 e. The van der Waals surface area contributed by atoms with Gasteiger partial charge in [0.1, 0.15) is 18.0 Å². The van der Waals surface area contributed by atoms with Crippen LogP contribution in [0.5, 0.6) is 0 Å². The van der Waals surface area contributed by atoms with E-state index in [0.29, 0.717) is 5.35 Å². The molecular formula is C20H25F3N4O3. The Kier molecular flexibility index (Phi) is 4.28. The van der Waals surface area contributed by atoms with Crippen LogP contribution in [0.3, 0.4) is 0 Å². The van der Waals surface area contributed by atoms with Crippen molar-refractivity contribution < 1.29 is 17.9 Å².